The van der Waals surface area contributed by atoms with Gasteiger partial charge in [0.25, 0.3) is 0 Å². The summed E-state index contributed by atoms with van der Waals surface area (Å²) in [6.45, 7) is 2.96. The van der Waals surface area contributed by atoms with Crippen LogP contribution >= 0.6 is 0 Å². The molecule has 2 amide bonds. The summed E-state index contributed by atoms with van der Waals surface area (Å²) < 4.78 is 16.4. The molecule has 0 radical (unpaired) electrons. The number of aromatic nitrogens is 1. The standard InChI is InChI=1S/C22H27N3O5/c1-14-8-20(23-30-14)24(2)22(27)12-25-11-17(10-21(25)26)16-6-7-18(28-3)19(9-16)29-13-15-4-5-15/h6-9,15,17H,4-5,10-13H2,1-3H3/t17-/m1/s1. The van der Waals surface area contributed by atoms with Crippen molar-refractivity contribution < 1.29 is 23.6 Å². The maximum Gasteiger partial charge on any atom is 0.247 e. The van der Waals surface area contributed by atoms with E-state index >= 15 is 0 Å². The highest BCUT2D eigenvalue weighted by Crippen LogP contribution is 2.37. The van der Waals surface area contributed by atoms with Gasteiger partial charge in [0.05, 0.1) is 13.7 Å². The van der Waals surface area contributed by atoms with Crippen molar-refractivity contribution >= 4 is 17.6 Å². The number of hydrogen-bond donors (Lipinski definition) is 0. The summed E-state index contributed by atoms with van der Waals surface area (Å²) in [6, 6.07) is 7.51. The highest BCUT2D eigenvalue weighted by molar-refractivity contribution is 5.96. The molecule has 2 fully saturated rings. The Bertz CT molecular complexity index is 937. The van der Waals surface area contributed by atoms with Crippen molar-refractivity contribution in [2.45, 2.75) is 32.1 Å². The Labute approximate surface area is 175 Å². The number of amides is 2. The van der Waals surface area contributed by atoms with E-state index in [0.29, 0.717) is 48.6 Å². The molecular formula is C22H27N3O5. The van der Waals surface area contributed by atoms with Crippen LogP contribution in [0.15, 0.2) is 28.8 Å². The van der Waals surface area contributed by atoms with Crippen LogP contribution < -0.4 is 14.4 Å². The zero-order chi connectivity index (χ0) is 21.3. The molecule has 1 aliphatic heterocycles. The molecule has 2 aromatic rings. The van der Waals surface area contributed by atoms with E-state index in [0.717, 1.165) is 5.56 Å². The number of aryl methyl sites for hydroxylation is 1. The molecule has 30 heavy (non-hydrogen) atoms. The zero-order valence-corrected chi connectivity index (χ0v) is 17.6. The summed E-state index contributed by atoms with van der Waals surface area (Å²) in [5.41, 5.74) is 1.02. The van der Waals surface area contributed by atoms with Crippen LogP contribution in [0.1, 0.15) is 36.5 Å². The third-order valence-corrected chi connectivity index (χ3v) is 5.70. The van der Waals surface area contributed by atoms with Crippen molar-refractivity contribution in [3.63, 3.8) is 0 Å². The first kappa shape index (κ1) is 20.3. The van der Waals surface area contributed by atoms with Gasteiger partial charge in [-0.1, -0.05) is 11.2 Å². The number of ether oxygens (including phenoxy) is 2. The second-order valence-corrected chi connectivity index (χ2v) is 8.09. The first-order valence-corrected chi connectivity index (χ1v) is 10.2. The number of nitrogens with zero attached hydrogens (tertiary/aromatic N) is 3. The summed E-state index contributed by atoms with van der Waals surface area (Å²) >= 11 is 0. The number of hydrogen-bond acceptors (Lipinski definition) is 6. The predicted octanol–water partition coefficient (Wildman–Crippen LogP) is 2.76. The molecule has 1 aromatic heterocycles. The van der Waals surface area contributed by atoms with Gasteiger partial charge >= 0.3 is 0 Å². The fraction of sp³-hybridized carbons (Fsp3) is 0.500. The third-order valence-electron chi connectivity index (χ3n) is 5.70. The number of benzene rings is 1. The van der Waals surface area contributed by atoms with E-state index in [4.69, 9.17) is 14.0 Å². The molecule has 0 bridgehead atoms. The Morgan fingerprint density at radius 3 is 2.77 bits per heavy atom. The van der Waals surface area contributed by atoms with Gasteiger partial charge < -0.3 is 18.9 Å². The largest absolute Gasteiger partial charge is 0.493 e. The van der Waals surface area contributed by atoms with E-state index in [9.17, 15) is 9.59 Å². The lowest BCUT2D eigenvalue weighted by Crippen LogP contribution is -2.39. The van der Waals surface area contributed by atoms with Crippen LogP contribution in [0.5, 0.6) is 11.5 Å². The molecule has 1 atom stereocenters. The molecule has 8 heteroatoms. The summed E-state index contributed by atoms with van der Waals surface area (Å²) in [4.78, 5) is 28.2. The molecule has 4 rings (SSSR count). The number of rotatable bonds is 8. The van der Waals surface area contributed by atoms with Gasteiger partial charge in [0, 0.05) is 32.0 Å². The molecule has 8 nitrogen and oxygen atoms in total. The molecule has 1 aliphatic carbocycles. The van der Waals surface area contributed by atoms with Gasteiger partial charge in [-0.3, -0.25) is 14.5 Å². The number of likely N-dealkylation sites (N-methyl/N-ethyl adjacent to an activating group) is 1. The Morgan fingerprint density at radius 2 is 2.10 bits per heavy atom. The molecule has 2 aliphatic rings. The van der Waals surface area contributed by atoms with Crippen LogP contribution in [-0.4, -0.2) is 55.7 Å². The van der Waals surface area contributed by atoms with Crippen LogP contribution in [-0.2, 0) is 9.59 Å². The number of methoxy groups -OCH3 is 1. The molecular weight excluding hydrogens is 386 g/mol. The van der Waals surface area contributed by atoms with Crippen molar-refractivity contribution in [2.75, 3.05) is 38.8 Å². The minimum absolute atomic E-state index is 0.0128. The average Bonchev–Trinajstić information content (AvgIpc) is 3.37. The number of anilines is 1. The van der Waals surface area contributed by atoms with E-state index in [-0.39, 0.29) is 24.3 Å². The highest BCUT2D eigenvalue weighted by atomic mass is 16.5. The van der Waals surface area contributed by atoms with E-state index < -0.39 is 0 Å². The fourth-order valence-corrected chi connectivity index (χ4v) is 3.61. The average molecular weight is 413 g/mol. The summed E-state index contributed by atoms with van der Waals surface area (Å²) in [7, 11) is 3.25. The maximum atomic E-state index is 12.6. The Kier molecular flexibility index (Phi) is 5.65. The van der Waals surface area contributed by atoms with E-state index in [2.05, 4.69) is 5.16 Å². The monoisotopic (exact) mass is 413 g/mol. The van der Waals surface area contributed by atoms with E-state index in [1.54, 1.807) is 32.0 Å². The molecule has 1 aromatic carbocycles. The summed E-state index contributed by atoms with van der Waals surface area (Å²) in [5, 5.41) is 3.85. The van der Waals surface area contributed by atoms with Gasteiger partial charge in [0.15, 0.2) is 17.3 Å². The van der Waals surface area contributed by atoms with Crippen LogP contribution in [0, 0.1) is 12.8 Å². The lowest BCUT2D eigenvalue weighted by atomic mass is 9.98. The smallest absolute Gasteiger partial charge is 0.247 e. The van der Waals surface area contributed by atoms with E-state index in [1.807, 2.05) is 18.2 Å². The van der Waals surface area contributed by atoms with Crippen molar-refractivity contribution in [1.82, 2.24) is 10.1 Å². The number of carbonyl (C=O) groups is 2. The number of likely N-dealkylation sites (tertiary alicyclic amines) is 1. The number of carbonyl (C=O) groups excluding carboxylic acids is 2. The Morgan fingerprint density at radius 1 is 1.30 bits per heavy atom. The highest BCUT2D eigenvalue weighted by Gasteiger charge is 2.33. The van der Waals surface area contributed by atoms with Gasteiger partial charge in [-0.25, -0.2) is 0 Å². The van der Waals surface area contributed by atoms with Gasteiger partial charge in [0.1, 0.15) is 12.3 Å². The first-order valence-electron chi connectivity index (χ1n) is 10.2. The zero-order valence-electron chi connectivity index (χ0n) is 17.6. The van der Waals surface area contributed by atoms with Crippen molar-refractivity contribution in [2.24, 2.45) is 5.92 Å². The topological polar surface area (TPSA) is 85.1 Å². The second-order valence-electron chi connectivity index (χ2n) is 8.09. The summed E-state index contributed by atoms with van der Waals surface area (Å²) in [6.07, 6.45) is 2.80. The minimum Gasteiger partial charge on any atom is -0.493 e. The second kappa shape index (κ2) is 8.38. The van der Waals surface area contributed by atoms with Crippen molar-refractivity contribution in [1.29, 1.82) is 0 Å². The lowest BCUT2D eigenvalue weighted by molar-refractivity contribution is -0.132. The van der Waals surface area contributed by atoms with Gasteiger partial charge in [-0.15, -0.1) is 0 Å². The SMILES string of the molecule is COc1ccc([C@@H]2CC(=O)N(CC(=O)N(C)c3cc(C)on3)C2)cc1OCC1CC1. The first-order chi connectivity index (χ1) is 14.4. The Hall–Kier alpha value is -3.03. The maximum absolute atomic E-state index is 12.6. The Balaban J connectivity index is 1.41. The molecule has 160 valence electrons. The minimum atomic E-state index is -0.208. The third kappa shape index (κ3) is 4.42. The molecule has 1 saturated carbocycles. The van der Waals surface area contributed by atoms with Crippen LogP contribution in [0.25, 0.3) is 0 Å². The van der Waals surface area contributed by atoms with Crippen LogP contribution in [0.4, 0.5) is 5.82 Å². The molecule has 2 heterocycles. The molecule has 0 unspecified atom stereocenters. The lowest BCUT2D eigenvalue weighted by Gasteiger charge is -2.20. The fourth-order valence-electron chi connectivity index (χ4n) is 3.61. The van der Waals surface area contributed by atoms with Crippen molar-refractivity contribution in [3.05, 3.63) is 35.6 Å². The van der Waals surface area contributed by atoms with E-state index in [1.165, 1.54) is 17.7 Å². The molecule has 0 spiro atoms. The quantitative estimate of drug-likeness (QED) is 0.662. The summed E-state index contributed by atoms with van der Waals surface area (Å²) in [5.74, 6) is 2.88. The predicted molar refractivity (Wildman–Crippen MR) is 110 cm³/mol. The van der Waals surface area contributed by atoms with Crippen molar-refractivity contribution in [3.8, 4) is 11.5 Å². The normalized spacial score (nSPS) is 18.6. The van der Waals surface area contributed by atoms with Crippen LogP contribution in [0.2, 0.25) is 0 Å². The van der Waals surface area contributed by atoms with Gasteiger partial charge in [0.2, 0.25) is 11.8 Å². The molecule has 0 N–H and O–H groups in total. The van der Waals surface area contributed by atoms with Gasteiger partial charge in [-0.05, 0) is 43.4 Å². The van der Waals surface area contributed by atoms with Gasteiger partial charge in [-0.2, -0.15) is 0 Å². The van der Waals surface area contributed by atoms with Crippen LogP contribution in [0.3, 0.4) is 0 Å². The molecule has 1 saturated heterocycles.